The molecule has 218 valence electrons. The molecule has 0 spiro atoms. The van der Waals surface area contributed by atoms with Crippen molar-refractivity contribution >= 4 is 23.3 Å². The van der Waals surface area contributed by atoms with Gasteiger partial charge in [0.25, 0.3) is 11.8 Å². The first-order valence-electron chi connectivity index (χ1n) is 13.6. The van der Waals surface area contributed by atoms with Crippen LogP contribution in [0.3, 0.4) is 0 Å². The second-order valence-electron chi connectivity index (χ2n) is 11.4. The van der Waals surface area contributed by atoms with Crippen LogP contribution in [0.1, 0.15) is 63.7 Å². The summed E-state index contributed by atoms with van der Waals surface area (Å²) in [6, 6.07) is 13.5. The third-order valence-electron chi connectivity index (χ3n) is 7.56. The fraction of sp³-hybridized carbons (Fsp3) is 0.281. The van der Waals surface area contributed by atoms with Gasteiger partial charge in [0.15, 0.2) is 11.6 Å². The Hall–Kier alpha value is -4.73. The van der Waals surface area contributed by atoms with Crippen molar-refractivity contribution in [2.45, 2.75) is 52.6 Å². The first-order valence-corrected chi connectivity index (χ1v) is 13.6. The van der Waals surface area contributed by atoms with Gasteiger partial charge in [0.1, 0.15) is 22.8 Å². The molecular weight excluding hydrogens is 540 g/mol. The van der Waals surface area contributed by atoms with Crippen LogP contribution in [0.4, 0.5) is 20.3 Å². The van der Waals surface area contributed by atoms with Crippen molar-refractivity contribution < 1.29 is 23.1 Å². The Kier molecular flexibility index (Phi) is 7.49. The Labute approximate surface area is 242 Å². The number of primary amides is 1. The maximum Gasteiger partial charge on any atom is 0.255 e. The summed E-state index contributed by atoms with van der Waals surface area (Å²) in [4.78, 5) is 25.4. The average Bonchev–Trinajstić information content (AvgIpc) is 3.20. The molecule has 3 aromatic carbocycles. The minimum atomic E-state index is -1.14. The Bertz CT molecular complexity index is 1720. The fourth-order valence-corrected chi connectivity index (χ4v) is 5.12. The number of aryl methyl sites for hydroxylation is 3. The molecule has 0 unspecified atom stereocenters. The number of amides is 2. The normalized spacial score (nSPS) is 12.5. The van der Waals surface area contributed by atoms with E-state index in [0.717, 1.165) is 40.9 Å². The van der Waals surface area contributed by atoms with Crippen molar-refractivity contribution in [3.05, 3.63) is 93.5 Å². The number of halogens is 2. The van der Waals surface area contributed by atoms with Crippen molar-refractivity contribution in [1.82, 2.24) is 15.1 Å². The lowest BCUT2D eigenvalue weighted by atomic mass is 9.85. The number of ether oxygens (including phenoxy) is 1. The van der Waals surface area contributed by atoms with Gasteiger partial charge in [0.05, 0.1) is 12.7 Å². The van der Waals surface area contributed by atoms with E-state index in [1.165, 1.54) is 12.7 Å². The van der Waals surface area contributed by atoms with Crippen LogP contribution in [0.2, 0.25) is 0 Å². The number of hydrogen-bond donors (Lipinski definition) is 3. The lowest BCUT2D eigenvalue weighted by Crippen LogP contribution is -2.24. The number of methoxy groups -OCH3 is 1. The standard InChI is InChI=1S/C32H33F2N5O3/c1-17-12-19(6-7-20(17)16-36-31(41)22-14-23(33)24(34)15-26(22)42-5)28-27(29(35)40)30-37-25-9-8-21(32(2,3)4)13-18(25)10-11-39(30)38-28/h6-9,12-15,37H,10-11,16H2,1-5H3,(H2,35,40)(H,36,41). The Morgan fingerprint density at radius 1 is 1.10 bits per heavy atom. The number of benzene rings is 3. The molecule has 42 heavy (non-hydrogen) atoms. The molecular formula is C32H33F2N5O3. The third kappa shape index (κ3) is 5.44. The second-order valence-corrected chi connectivity index (χ2v) is 11.4. The number of anilines is 2. The number of carbonyl (C=O) groups is 2. The molecule has 2 heterocycles. The van der Waals surface area contributed by atoms with Crippen LogP contribution < -0.4 is 21.1 Å². The van der Waals surface area contributed by atoms with E-state index in [2.05, 4.69) is 43.5 Å². The van der Waals surface area contributed by atoms with Gasteiger partial charge in [-0.25, -0.2) is 13.5 Å². The van der Waals surface area contributed by atoms with Crippen LogP contribution in [0, 0.1) is 18.6 Å². The minimum Gasteiger partial charge on any atom is -0.496 e. The Balaban J connectivity index is 1.40. The number of rotatable bonds is 6. The van der Waals surface area contributed by atoms with E-state index in [-0.39, 0.29) is 23.3 Å². The number of nitrogens with one attached hydrogen (secondary N) is 2. The van der Waals surface area contributed by atoms with Crippen LogP contribution in [-0.2, 0) is 24.9 Å². The molecule has 1 aromatic heterocycles. The lowest BCUT2D eigenvalue weighted by molar-refractivity contribution is 0.0946. The number of nitrogens with two attached hydrogens (primary N) is 1. The van der Waals surface area contributed by atoms with Crippen molar-refractivity contribution in [2.75, 3.05) is 12.4 Å². The van der Waals surface area contributed by atoms with Crippen molar-refractivity contribution in [3.8, 4) is 17.0 Å². The zero-order valence-corrected chi connectivity index (χ0v) is 24.2. The van der Waals surface area contributed by atoms with Gasteiger partial charge in [-0.3, -0.25) is 9.59 Å². The van der Waals surface area contributed by atoms with Gasteiger partial charge in [0, 0.05) is 30.4 Å². The van der Waals surface area contributed by atoms with Crippen LogP contribution in [0.15, 0.2) is 48.5 Å². The first kappa shape index (κ1) is 28.8. The van der Waals surface area contributed by atoms with Crippen molar-refractivity contribution in [2.24, 2.45) is 5.73 Å². The van der Waals surface area contributed by atoms with Gasteiger partial charge < -0.3 is 21.1 Å². The maximum atomic E-state index is 13.8. The molecule has 5 rings (SSSR count). The minimum absolute atomic E-state index is 0.0129. The molecule has 0 aliphatic carbocycles. The molecule has 10 heteroatoms. The molecule has 1 aliphatic rings. The van der Waals surface area contributed by atoms with E-state index in [4.69, 9.17) is 15.6 Å². The SMILES string of the molecule is COc1cc(F)c(F)cc1C(=O)NCc1ccc(-c2nn3c(c2C(N)=O)Nc2ccc(C(C)(C)C)cc2CC3)cc1C. The van der Waals surface area contributed by atoms with Crippen LogP contribution in [-0.4, -0.2) is 28.7 Å². The van der Waals surface area contributed by atoms with Gasteiger partial charge in [0.2, 0.25) is 0 Å². The van der Waals surface area contributed by atoms with Gasteiger partial charge in [-0.2, -0.15) is 5.10 Å². The molecule has 8 nitrogen and oxygen atoms in total. The first-order chi connectivity index (χ1) is 19.9. The zero-order valence-electron chi connectivity index (χ0n) is 24.2. The molecule has 4 N–H and O–H groups in total. The van der Waals surface area contributed by atoms with Gasteiger partial charge in [-0.05, 0) is 59.2 Å². The number of hydrogen-bond acceptors (Lipinski definition) is 5. The molecule has 4 aromatic rings. The van der Waals surface area contributed by atoms with Crippen molar-refractivity contribution in [3.63, 3.8) is 0 Å². The quantitative estimate of drug-likeness (QED) is 0.271. The zero-order chi connectivity index (χ0) is 30.3. The predicted octanol–water partition coefficient (Wildman–Crippen LogP) is 5.77. The van der Waals surface area contributed by atoms with Crippen LogP contribution >= 0.6 is 0 Å². The van der Waals surface area contributed by atoms with Gasteiger partial charge >= 0.3 is 0 Å². The van der Waals surface area contributed by atoms with E-state index < -0.39 is 23.4 Å². The van der Waals surface area contributed by atoms with E-state index in [9.17, 15) is 18.4 Å². The number of nitrogens with zero attached hydrogens (tertiary/aromatic N) is 2. The summed E-state index contributed by atoms with van der Waals surface area (Å²) in [5, 5.41) is 10.9. The largest absolute Gasteiger partial charge is 0.496 e. The summed E-state index contributed by atoms with van der Waals surface area (Å²) in [7, 11) is 1.28. The van der Waals surface area contributed by atoms with E-state index in [0.29, 0.717) is 29.2 Å². The molecule has 1 aliphatic heterocycles. The molecule has 0 bridgehead atoms. The highest BCUT2D eigenvalue weighted by Gasteiger charge is 2.27. The highest BCUT2D eigenvalue weighted by atomic mass is 19.2. The monoisotopic (exact) mass is 573 g/mol. The summed E-state index contributed by atoms with van der Waals surface area (Å²) >= 11 is 0. The summed E-state index contributed by atoms with van der Waals surface area (Å²) in [5.74, 6) is -2.96. The van der Waals surface area contributed by atoms with E-state index in [1.54, 1.807) is 4.68 Å². The highest BCUT2D eigenvalue weighted by molar-refractivity contribution is 6.04. The van der Waals surface area contributed by atoms with Crippen LogP contribution in [0.25, 0.3) is 11.3 Å². The fourth-order valence-electron chi connectivity index (χ4n) is 5.12. The summed E-state index contributed by atoms with van der Waals surface area (Å²) in [5.41, 5.74) is 12.2. The average molecular weight is 574 g/mol. The molecule has 2 amide bonds. The lowest BCUT2D eigenvalue weighted by Gasteiger charge is -2.21. The Morgan fingerprint density at radius 3 is 2.50 bits per heavy atom. The molecule has 0 saturated heterocycles. The second kappa shape index (κ2) is 10.9. The predicted molar refractivity (Wildman–Crippen MR) is 157 cm³/mol. The van der Waals surface area contributed by atoms with E-state index >= 15 is 0 Å². The van der Waals surface area contributed by atoms with E-state index in [1.807, 2.05) is 31.2 Å². The van der Waals surface area contributed by atoms with Gasteiger partial charge in [-0.15, -0.1) is 0 Å². The molecule has 0 saturated carbocycles. The molecule has 0 fully saturated rings. The number of carbonyl (C=O) groups excluding carboxylic acids is 2. The van der Waals surface area contributed by atoms with Crippen molar-refractivity contribution in [1.29, 1.82) is 0 Å². The van der Waals surface area contributed by atoms with Gasteiger partial charge in [-0.1, -0.05) is 45.0 Å². The topological polar surface area (TPSA) is 111 Å². The summed E-state index contributed by atoms with van der Waals surface area (Å²) < 4.78 is 34.1. The Morgan fingerprint density at radius 2 is 1.83 bits per heavy atom. The molecule has 0 radical (unpaired) electrons. The summed E-state index contributed by atoms with van der Waals surface area (Å²) in [6.45, 7) is 9.09. The number of aromatic nitrogens is 2. The smallest absolute Gasteiger partial charge is 0.255 e. The third-order valence-corrected chi connectivity index (χ3v) is 7.56. The van der Waals surface area contributed by atoms with Crippen LogP contribution in [0.5, 0.6) is 5.75 Å². The molecule has 0 atom stereocenters. The number of fused-ring (bicyclic) bond motifs is 2. The maximum absolute atomic E-state index is 13.8. The highest BCUT2D eigenvalue weighted by Crippen LogP contribution is 2.36. The summed E-state index contributed by atoms with van der Waals surface area (Å²) in [6.07, 6.45) is 0.735.